The molecule has 8 nitrogen and oxygen atoms in total. The molecular weight excluding hydrogens is 328 g/mol. The van der Waals surface area contributed by atoms with Gasteiger partial charge in [-0.3, -0.25) is 4.79 Å². The van der Waals surface area contributed by atoms with Gasteiger partial charge in [0.15, 0.2) is 0 Å². The number of anilines is 1. The zero-order valence-corrected chi connectivity index (χ0v) is 14.0. The van der Waals surface area contributed by atoms with Gasteiger partial charge in [0.2, 0.25) is 5.91 Å². The van der Waals surface area contributed by atoms with Gasteiger partial charge in [0.1, 0.15) is 12.4 Å². The molecule has 2 aliphatic heterocycles. The van der Waals surface area contributed by atoms with Gasteiger partial charge in [-0.25, -0.2) is 9.59 Å². The van der Waals surface area contributed by atoms with E-state index in [-0.39, 0.29) is 30.5 Å². The van der Waals surface area contributed by atoms with Gasteiger partial charge in [-0.15, -0.1) is 0 Å². The SMILES string of the molecule is COC(=O)C1=C(C(=O)OC)N(c2ccc3c(c2)CNC(=O)C3)COC1. The molecule has 1 aromatic rings. The van der Waals surface area contributed by atoms with Crippen LogP contribution in [0.4, 0.5) is 5.69 Å². The predicted molar refractivity (Wildman–Crippen MR) is 86.3 cm³/mol. The lowest BCUT2D eigenvalue weighted by Crippen LogP contribution is -2.39. The quantitative estimate of drug-likeness (QED) is 0.784. The number of hydrogen-bond acceptors (Lipinski definition) is 7. The highest BCUT2D eigenvalue weighted by atomic mass is 16.5. The summed E-state index contributed by atoms with van der Waals surface area (Å²) < 4.78 is 15.0. The Hall–Kier alpha value is -2.87. The molecule has 0 unspecified atom stereocenters. The molecule has 0 saturated heterocycles. The minimum Gasteiger partial charge on any atom is -0.466 e. The second-order valence-electron chi connectivity index (χ2n) is 5.62. The summed E-state index contributed by atoms with van der Waals surface area (Å²) in [5.41, 5.74) is 2.75. The monoisotopic (exact) mass is 346 g/mol. The van der Waals surface area contributed by atoms with Crippen molar-refractivity contribution in [3.63, 3.8) is 0 Å². The highest BCUT2D eigenvalue weighted by molar-refractivity contribution is 6.03. The average molecular weight is 346 g/mol. The number of methoxy groups -OCH3 is 2. The van der Waals surface area contributed by atoms with Crippen LogP contribution in [0.25, 0.3) is 0 Å². The fraction of sp³-hybridized carbons (Fsp3) is 0.353. The topological polar surface area (TPSA) is 94.2 Å². The fourth-order valence-electron chi connectivity index (χ4n) is 2.89. The maximum Gasteiger partial charge on any atom is 0.355 e. The number of nitrogens with one attached hydrogen (secondary N) is 1. The van der Waals surface area contributed by atoms with Gasteiger partial charge >= 0.3 is 11.9 Å². The summed E-state index contributed by atoms with van der Waals surface area (Å²) in [6, 6.07) is 5.48. The lowest BCUT2D eigenvalue weighted by molar-refractivity contribution is -0.140. The molecule has 0 fully saturated rings. The number of hydrogen-bond donors (Lipinski definition) is 1. The number of carbonyl (C=O) groups excluding carboxylic acids is 3. The molecular formula is C17H18N2O6. The molecule has 8 heteroatoms. The van der Waals surface area contributed by atoms with Crippen LogP contribution in [0.15, 0.2) is 29.5 Å². The number of rotatable bonds is 3. The summed E-state index contributed by atoms with van der Waals surface area (Å²) in [5.74, 6) is -1.31. The molecule has 1 N–H and O–H groups in total. The van der Waals surface area contributed by atoms with Crippen LogP contribution in [-0.2, 0) is 41.6 Å². The Morgan fingerprint density at radius 1 is 1.16 bits per heavy atom. The van der Waals surface area contributed by atoms with Crippen molar-refractivity contribution in [3.05, 3.63) is 40.6 Å². The number of benzene rings is 1. The first-order valence-corrected chi connectivity index (χ1v) is 7.68. The van der Waals surface area contributed by atoms with E-state index >= 15 is 0 Å². The van der Waals surface area contributed by atoms with E-state index in [0.717, 1.165) is 11.1 Å². The molecule has 132 valence electrons. The molecule has 0 spiro atoms. The van der Waals surface area contributed by atoms with Crippen molar-refractivity contribution < 1.29 is 28.6 Å². The Morgan fingerprint density at radius 2 is 1.92 bits per heavy atom. The van der Waals surface area contributed by atoms with Crippen LogP contribution in [0.2, 0.25) is 0 Å². The highest BCUT2D eigenvalue weighted by Gasteiger charge is 2.32. The Labute approximate surface area is 144 Å². The third-order valence-corrected chi connectivity index (χ3v) is 4.16. The summed E-state index contributed by atoms with van der Waals surface area (Å²) in [7, 11) is 2.49. The number of ether oxygens (including phenoxy) is 3. The van der Waals surface area contributed by atoms with Crippen molar-refractivity contribution in [2.75, 3.05) is 32.5 Å². The third kappa shape index (κ3) is 3.20. The summed E-state index contributed by atoms with van der Waals surface area (Å²) in [6.45, 7) is 0.475. The van der Waals surface area contributed by atoms with E-state index in [2.05, 4.69) is 5.32 Å². The van der Waals surface area contributed by atoms with Gasteiger partial charge < -0.3 is 24.4 Å². The van der Waals surface area contributed by atoms with Crippen LogP contribution in [-0.4, -0.2) is 45.4 Å². The summed E-state index contributed by atoms with van der Waals surface area (Å²) >= 11 is 0. The molecule has 0 aromatic heterocycles. The van der Waals surface area contributed by atoms with E-state index < -0.39 is 11.9 Å². The molecule has 0 aliphatic carbocycles. The lowest BCUT2D eigenvalue weighted by Gasteiger charge is -2.32. The first-order valence-electron chi connectivity index (χ1n) is 7.68. The van der Waals surface area contributed by atoms with Gasteiger partial charge in [0.25, 0.3) is 0 Å². The maximum atomic E-state index is 12.3. The van der Waals surface area contributed by atoms with Gasteiger partial charge in [0.05, 0.1) is 32.8 Å². The second-order valence-corrected chi connectivity index (χ2v) is 5.62. The van der Waals surface area contributed by atoms with Crippen molar-refractivity contribution in [3.8, 4) is 0 Å². The zero-order valence-electron chi connectivity index (χ0n) is 14.0. The molecule has 2 heterocycles. The van der Waals surface area contributed by atoms with E-state index in [4.69, 9.17) is 14.2 Å². The van der Waals surface area contributed by atoms with E-state index in [1.165, 1.54) is 14.2 Å². The van der Waals surface area contributed by atoms with Crippen molar-refractivity contribution in [2.24, 2.45) is 0 Å². The predicted octanol–water partition coefficient (Wildman–Crippen LogP) is 0.253. The number of fused-ring (bicyclic) bond motifs is 1. The molecule has 0 atom stereocenters. The van der Waals surface area contributed by atoms with Crippen molar-refractivity contribution >= 4 is 23.5 Å². The molecule has 0 saturated carbocycles. The van der Waals surface area contributed by atoms with Gasteiger partial charge in [-0.05, 0) is 23.3 Å². The summed E-state index contributed by atoms with van der Waals surface area (Å²) in [5, 5.41) is 2.78. The van der Waals surface area contributed by atoms with E-state index in [9.17, 15) is 14.4 Å². The van der Waals surface area contributed by atoms with E-state index in [0.29, 0.717) is 18.7 Å². The zero-order chi connectivity index (χ0) is 18.0. The average Bonchev–Trinajstić information content (AvgIpc) is 2.65. The van der Waals surface area contributed by atoms with Crippen molar-refractivity contribution in [1.29, 1.82) is 0 Å². The molecule has 1 amide bonds. The van der Waals surface area contributed by atoms with Crippen LogP contribution in [0.1, 0.15) is 11.1 Å². The van der Waals surface area contributed by atoms with E-state index in [1.807, 2.05) is 12.1 Å². The van der Waals surface area contributed by atoms with Crippen molar-refractivity contribution in [2.45, 2.75) is 13.0 Å². The first kappa shape index (κ1) is 17.0. The lowest BCUT2D eigenvalue weighted by atomic mass is 9.99. The number of nitrogens with zero attached hydrogens (tertiary/aromatic N) is 1. The molecule has 3 rings (SSSR count). The molecule has 25 heavy (non-hydrogen) atoms. The Balaban J connectivity index is 2.04. The Kier molecular flexibility index (Phi) is 4.71. The van der Waals surface area contributed by atoms with Crippen LogP contribution < -0.4 is 10.2 Å². The normalized spacial score (nSPS) is 16.9. The van der Waals surface area contributed by atoms with Gasteiger partial charge in [0, 0.05) is 12.2 Å². The van der Waals surface area contributed by atoms with Gasteiger partial charge in [-0.1, -0.05) is 6.07 Å². The number of amides is 1. The molecule has 0 radical (unpaired) electrons. The Bertz CT molecular complexity index is 770. The largest absolute Gasteiger partial charge is 0.466 e. The molecule has 2 aliphatic rings. The molecule has 1 aromatic carbocycles. The smallest absolute Gasteiger partial charge is 0.355 e. The standard InChI is InChI=1S/C17H18N2O6/c1-23-16(21)13-8-25-9-19(15(13)17(22)24-2)12-4-3-10-6-14(20)18-7-11(10)5-12/h3-5H,6-9H2,1-2H3,(H,18,20). The first-order chi connectivity index (χ1) is 12.0. The summed E-state index contributed by atoms with van der Waals surface area (Å²) in [6.07, 6.45) is 0.319. The summed E-state index contributed by atoms with van der Waals surface area (Å²) in [4.78, 5) is 37.3. The van der Waals surface area contributed by atoms with Gasteiger partial charge in [-0.2, -0.15) is 0 Å². The number of carbonyl (C=O) groups is 3. The fourth-order valence-corrected chi connectivity index (χ4v) is 2.89. The van der Waals surface area contributed by atoms with Crippen LogP contribution >= 0.6 is 0 Å². The second kappa shape index (κ2) is 6.94. The van der Waals surface area contributed by atoms with Crippen LogP contribution in [0, 0.1) is 0 Å². The maximum absolute atomic E-state index is 12.3. The van der Waals surface area contributed by atoms with Crippen molar-refractivity contribution in [1.82, 2.24) is 5.32 Å². The Morgan fingerprint density at radius 3 is 2.64 bits per heavy atom. The van der Waals surface area contributed by atoms with Crippen LogP contribution in [0.3, 0.4) is 0 Å². The van der Waals surface area contributed by atoms with E-state index in [1.54, 1.807) is 11.0 Å². The third-order valence-electron chi connectivity index (χ3n) is 4.16. The molecule has 0 bridgehead atoms. The van der Waals surface area contributed by atoms with Crippen LogP contribution in [0.5, 0.6) is 0 Å². The minimum absolute atomic E-state index is 0.0234. The number of esters is 2. The minimum atomic E-state index is -0.644. The highest BCUT2D eigenvalue weighted by Crippen LogP contribution is 2.29.